The maximum atomic E-state index is 12.5. The number of carboxylic acid groups (broad SMARTS) is 1. The number of amides is 1. The van der Waals surface area contributed by atoms with Gasteiger partial charge in [0.1, 0.15) is 17.0 Å². The Morgan fingerprint density at radius 1 is 1.18 bits per heavy atom. The van der Waals surface area contributed by atoms with Crippen LogP contribution in [0.25, 0.3) is 0 Å². The molecule has 0 bridgehead atoms. The van der Waals surface area contributed by atoms with Crippen LogP contribution in [0.1, 0.15) is 39.1 Å². The molecule has 1 aliphatic heterocycles. The number of phenols is 1. The Kier molecular flexibility index (Phi) is 5.16. The molecule has 9 nitrogen and oxygen atoms in total. The first-order chi connectivity index (χ1) is 13.3. The molecule has 1 aliphatic rings. The van der Waals surface area contributed by atoms with Gasteiger partial charge in [-0.05, 0) is 49.6 Å². The predicted molar refractivity (Wildman–Crippen MR) is 102 cm³/mol. The monoisotopic (exact) mass is 385 g/mol. The Bertz CT molecular complexity index is 966. The van der Waals surface area contributed by atoms with E-state index in [4.69, 9.17) is 5.11 Å². The molecule has 28 heavy (non-hydrogen) atoms. The summed E-state index contributed by atoms with van der Waals surface area (Å²) >= 11 is 0. The molecule has 146 valence electrons. The molecule has 3 N–H and O–H groups in total. The van der Waals surface area contributed by atoms with Crippen LogP contribution < -0.4 is 10.2 Å². The van der Waals surface area contributed by atoms with Gasteiger partial charge in [0.25, 0.3) is 11.6 Å². The number of hydrogen-bond donors (Lipinski definition) is 3. The maximum Gasteiger partial charge on any atom is 0.339 e. The third kappa shape index (κ3) is 3.73. The van der Waals surface area contributed by atoms with Crippen LogP contribution in [-0.4, -0.2) is 40.1 Å². The van der Waals surface area contributed by atoms with E-state index in [0.717, 1.165) is 32.0 Å². The van der Waals surface area contributed by atoms with E-state index in [1.807, 2.05) is 4.90 Å². The van der Waals surface area contributed by atoms with E-state index >= 15 is 0 Å². The fourth-order valence-corrected chi connectivity index (χ4v) is 3.25. The van der Waals surface area contributed by atoms with Gasteiger partial charge in [0.05, 0.1) is 4.92 Å². The molecule has 2 aromatic rings. The number of aromatic hydroxyl groups is 1. The summed E-state index contributed by atoms with van der Waals surface area (Å²) < 4.78 is 0. The van der Waals surface area contributed by atoms with Gasteiger partial charge in [-0.2, -0.15) is 0 Å². The number of nitro benzene ring substituents is 1. The molecule has 9 heteroatoms. The minimum Gasteiger partial charge on any atom is -0.507 e. The van der Waals surface area contributed by atoms with Gasteiger partial charge in [-0.3, -0.25) is 14.9 Å². The SMILES string of the molecule is Cc1cc(NC(=O)c2ccc(N3CCCC3)c([N+](=O)[O-])c2)cc(C(=O)O)c1O. The van der Waals surface area contributed by atoms with Crippen molar-refractivity contribution in [3.05, 3.63) is 57.1 Å². The molecule has 0 unspecified atom stereocenters. The lowest BCUT2D eigenvalue weighted by molar-refractivity contribution is -0.384. The second-order valence-electron chi connectivity index (χ2n) is 6.60. The Morgan fingerprint density at radius 3 is 2.46 bits per heavy atom. The molecule has 1 saturated heterocycles. The van der Waals surface area contributed by atoms with Crippen molar-refractivity contribution in [3.63, 3.8) is 0 Å². The minimum atomic E-state index is -1.33. The van der Waals surface area contributed by atoms with E-state index < -0.39 is 16.8 Å². The smallest absolute Gasteiger partial charge is 0.339 e. The molecular weight excluding hydrogens is 366 g/mol. The van der Waals surface area contributed by atoms with Gasteiger partial charge >= 0.3 is 5.97 Å². The molecule has 3 rings (SSSR count). The van der Waals surface area contributed by atoms with Gasteiger partial charge < -0.3 is 20.4 Å². The summed E-state index contributed by atoms with van der Waals surface area (Å²) in [5.74, 6) is -2.32. The average Bonchev–Trinajstić information content (AvgIpc) is 3.18. The zero-order valence-electron chi connectivity index (χ0n) is 15.1. The number of aromatic carboxylic acids is 1. The van der Waals surface area contributed by atoms with Gasteiger partial charge in [0.15, 0.2) is 0 Å². The highest BCUT2D eigenvalue weighted by Gasteiger charge is 2.24. The molecule has 1 amide bonds. The number of carboxylic acids is 1. The minimum absolute atomic E-state index is 0.0808. The van der Waals surface area contributed by atoms with Crippen molar-refractivity contribution in [1.82, 2.24) is 0 Å². The lowest BCUT2D eigenvalue weighted by Gasteiger charge is -2.18. The van der Waals surface area contributed by atoms with Gasteiger partial charge in [-0.25, -0.2) is 4.79 Å². The van der Waals surface area contributed by atoms with E-state index in [1.165, 1.54) is 25.1 Å². The molecule has 0 aromatic heterocycles. The standard InChI is InChI=1S/C19H19N3O6/c1-11-8-13(10-14(17(11)23)19(25)26)20-18(24)12-4-5-15(16(9-12)22(27)28)21-6-2-3-7-21/h4-5,8-10,23H,2-3,6-7H2,1H3,(H,20,24)(H,25,26). The molecule has 0 atom stereocenters. The van der Waals surface area contributed by atoms with Gasteiger partial charge in [-0.1, -0.05) is 0 Å². The van der Waals surface area contributed by atoms with Crippen molar-refractivity contribution < 1.29 is 24.7 Å². The van der Waals surface area contributed by atoms with Crippen molar-refractivity contribution in [3.8, 4) is 5.75 Å². The van der Waals surface area contributed by atoms with E-state index in [0.29, 0.717) is 5.69 Å². The van der Waals surface area contributed by atoms with E-state index in [2.05, 4.69) is 5.32 Å². The van der Waals surface area contributed by atoms with E-state index in [1.54, 1.807) is 6.07 Å². The lowest BCUT2D eigenvalue weighted by atomic mass is 10.1. The highest BCUT2D eigenvalue weighted by Crippen LogP contribution is 2.32. The third-order valence-electron chi connectivity index (χ3n) is 4.67. The van der Waals surface area contributed by atoms with Crippen molar-refractivity contribution in [1.29, 1.82) is 0 Å². The molecular formula is C19H19N3O6. The Balaban J connectivity index is 1.90. The molecule has 0 radical (unpaired) electrons. The summed E-state index contributed by atoms with van der Waals surface area (Å²) in [6, 6.07) is 6.83. The van der Waals surface area contributed by atoms with Crippen LogP contribution in [0.5, 0.6) is 5.75 Å². The number of benzene rings is 2. The molecule has 1 heterocycles. The number of hydrogen-bond acceptors (Lipinski definition) is 6. The zero-order valence-corrected chi connectivity index (χ0v) is 15.1. The van der Waals surface area contributed by atoms with Gasteiger partial charge in [0, 0.05) is 30.4 Å². The summed E-state index contributed by atoms with van der Waals surface area (Å²) in [6.45, 7) is 2.97. The summed E-state index contributed by atoms with van der Waals surface area (Å²) in [5.41, 5.74) is 0.521. The molecule has 0 spiro atoms. The van der Waals surface area contributed by atoms with Crippen LogP contribution >= 0.6 is 0 Å². The second kappa shape index (κ2) is 7.55. The third-order valence-corrected chi connectivity index (χ3v) is 4.67. The van der Waals surface area contributed by atoms with Crippen LogP contribution in [0.2, 0.25) is 0 Å². The normalized spacial score (nSPS) is 13.4. The molecule has 0 aliphatic carbocycles. The number of nitrogens with zero attached hydrogens (tertiary/aromatic N) is 2. The number of rotatable bonds is 5. The first kappa shape index (κ1) is 19.2. The zero-order chi connectivity index (χ0) is 20.4. The van der Waals surface area contributed by atoms with Crippen LogP contribution in [0.4, 0.5) is 17.1 Å². The number of carbonyl (C=O) groups is 2. The summed E-state index contributed by atoms with van der Waals surface area (Å²) in [6.07, 6.45) is 1.93. The second-order valence-corrected chi connectivity index (χ2v) is 6.60. The van der Waals surface area contributed by atoms with Crippen LogP contribution in [-0.2, 0) is 0 Å². The number of carbonyl (C=O) groups excluding carboxylic acids is 1. The summed E-state index contributed by atoms with van der Waals surface area (Å²) in [4.78, 5) is 36.6. The number of aryl methyl sites for hydroxylation is 1. The van der Waals surface area contributed by atoms with Gasteiger partial charge in [-0.15, -0.1) is 0 Å². The van der Waals surface area contributed by atoms with Crippen LogP contribution in [0.3, 0.4) is 0 Å². The van der Waals surface area contributed by atoms with E-state index in [-0.39, 0.29) is 33.8 Å². The topological polar surface area (TPSA) is 133 Å². The highest BCUT2D eigenvalue weighted by molar-refractivity contribution is 6.06. The Morgan fingerprint density at radius 2 is 1.86 bits per heavy atom. The number of nitro groups is 1. The predicted octanol–water partition coefficient (Wildman–Crippen LogP) is 3.16. The fourth-order valence-electron chi connectivity index (χ4n) is 3.25. The van der Waals surface area contributed by atoms with Crippen molar-refractivity contribution in [2.45, 2.75) is 19.8 Å². The van der Waals surface area contributed by atoms with Crippen LogP contribution in [0, 0.1) is 17.0 Å². The van der Waals surface area contributed by atoms with E-state index in [9.17, 15) is 24.8 Å². The Labute approximate surface area is 160 Å². The first-order valence-corrected chi connectivity index (χ1v) is 8.69. The molecule has 0 saturated carbocycles. The summed E-state index contributed by atoms with van der Waals surface area (Å²) in [7, 11) is 0. The highest BCUT2D eigenvalue weighted by atomic mass is 16.6. The quantitative estimate of drug-likeness (QED) is 0.409. The fraction of sp³-hybridized carbons (Fsp3) is 0.263. The maximum absolute atomic E-state index is 12.5. The molecule has 1 fully saturated rings. The van der Waals surface area contributed by atoms with Crippen molar-refractivity contribution in [2.24, 2.45) is 0 Å². The Hall–Kier alpha value is -3.62. The number of anilines is 2. The summed E-state index contributed by atoms with van der Waals surface area (Å²) in [5, 5.41) is 32.9. The first-order valence-electron chi connectivity index (χ1n) is 8.69. The van der Waals surface area contributed by atoms with Crippen LogP contribution in [0.15, 0.2) is 30.3 Å². The van der Waals surface area contributed by atoms with Crippen molar-refractivity contribution in [2.75, 3.05) is 23.3 Å². The van der Waals surface area contributed by atoms with Gasteiger partial charge in [0.2, 0.25) is 0 Å². The van der Waals surface area contributed by atoms with Crippen molar-refractivity contribution >= 4 is 28.9 Å². The number of nitrogens with one attached hydrogen (secondary N) is 1. The average molecular weight is 385 g/mol. The largest absolute Gasteiger partial charge is 0.507 e. The lowest BCUT2D eigenvalue weighted by Crippen LogP contribution is -2.20. The molecule has 2 aromatic carbocycles.